The number of nitrogens with one attached hydrogen (secondary N) is 1. The van der Waals surface area contributed by atoms with Crippen LogP contribution in [0.5, 0.6) is 5.75 Å². The minimum atomic E-state index is -0.616. The Morgan fingerprint density at radius 2 is 2.04 bits per heavy atom. The summed E-state index contributed by atoms with van der Waals surface area (Å²) in [7, 11) is 0. The quantitative estimate of drug-likeness (QED) is 0.775. The molecule has 128 valence electrons. The molecular formula is C18H24N4O2. The minimum Gasteiger partial charge on any atom is -0.491 e. The summed E-state index contributed by atoms with van der Waals surface area (Å²) in [5.41, 5.74) is 1.71. The van der Waals surface area contributed by atoms with E-state index in [-0.39, 0.29) is 18.7 Å². The van der Waals surface area contributed by atoms with E-state index in [0.29, 0.717) is 17.9 Å². The molecule has 0 bridgehead atoms. The molecular weight excluding hydrogens is 304 g/mol. The van der Waals surface area contributed by atoms with Gasteiger partial charge in [-0.25, -0.2) is 0 Å². The first-order valence-corrected chi connectivity index (χ1v) is 8.04. The van der Waals surface area contributed by atoms with Crippen LogP contribution in [0.3, 0.4) is 0 Å². The van der Waals surface area contributed by atoms with Crippen molar-refractivity contribution in [3.63, 3.8) is 0 Å². The topological polar surface area (TPSA) is 83.1 Å². The zero-order chi connectivity index (χ0) is 17.5. The number of aliphatic hydroxyl groups is 1. The maximum Gasteiger partial charge on any atom is 0.119 e. The second-order valence-corrected chi connectivity index (χ2v) is 6.04. The van der Waals surface area contributed by atoms with E-state index in [4.69, 9.17) is 10.00 Å². The highest BCUT2D eigenvalue weighted by atomic mass is 16.5. The Bertz CT molecular complexity index is 675. The first-order valence-electron chi connectivity index (χ1n) is 8.04. The summed E-state index contributed by atoms with van der Waals surface area (Å²) >= 11 is 0. The maximum atomic E-state index is 10.1. The molecule has 0 spiro atoms. The third-order valence-electron chi connectivity index (χ3n) is 3.97. The molecule has 1 heterocycles. The number of hydrogen-bond donors (Lipinski definition) is 2. The van der Waals surface area contributed by atoms with Crippen LogP contribution >= 0.6 is 0 Å². The summed E-state index contributed by atoms with van der Waals surface area (Å²) < 4.78 is 7.45. The zero-order valence-electron chi connectivity index (χ0n) is 14.3. The molecule has 0 saturated heterocycles. The summed E-state index contributed by atoms with van der Waals surface area (Å²) in [6.45, 7) is 6.79. The molecule has 0 aliphatic carbocycles. The first kappa shape index (κ1) is 18.0. The van der Waals surface area contributed by atoms with Crippen LogP contribution in [-0.4, -0.2) is 40.2 Å². The summed E-state index contributed by atoms with van der Waals surface area (Å²) in [4.78, 5) is 0. The van der Waals surface area contributed by atoms with Gasteiger partial charge in [0, 0.05) is 18.8 Å². The number of nitriles is 1. The van der Waals surface area contributed by atoms with E-state index in [9.17, 15) is 5.11 Å². The number of ether oxygens (including phenoxy) is 1. The summed E-state index contributed by atoms with van der Waals surface area (Å²) in [6.07, 6.45) is 3.23. The third-order valence-corrected chi connectivity index (χ3v) is 3.97. The second kappa shape index (κ2) is 8.48. The fraction of sp³-hybridized carbons (Fsp3) is 0.444. The smallest absolute Gasteiger partial charge is 0.119 e. The molecule has 0 amide bonds. The van der Waals surface area contributed by atoms with Crippen LogP contribution in [-0.2, 0) is 0 Å². The van der Waals surface area contributed by atoms with E-state index in [0.717, 1.165) is 5.56 Å². The lowest BCUT2D eigenvalue weighted by Gasteiger charge is -2.23. The van der Waals surface area contributed by atoms with E-state index in [2.05, 4.69) is 30.3 Å². The molecule has 0 radical (unpaired) electrons. The Morgan fingerprint density at radius 3 is 2.62 bits per heavy atom. The van der Waals surface area contributed by atoms with Crippen molar-refractivity contribution in [1.82, 2.24) is 15.1 Å². The Hall–Kier alpha value is -2.36. The number of hydrogen-bond acceptors (Lipinski definition) is 5. The third kappa shape index (κ3) is 5.08. The highest BCUT2D eigenvalue weighted by molar-refractivity contribution is 5.34. The van der Waals surface area contributed by atoms with Gasteiger partial charge in [-0.05, 0) is 50.6 Å². The molecule has 1 aromatic heterocycles. The SMILES string of the molecule is Cc1cnn([C@H](C)[C@@H](C)NC[C@H](O)COc2ccc(C#N)cc2)c1. The number of aromatic nitrogens is 2. The highest BCUT2D eigenvalue weighted by Crippen LogP contribution is 2.12. The molecule has 3 atom stereocenters. The fourth-order valence-corrected chi connectivity index (χ4v) is 2.25. The van der Waals surface area contributed by atoms with E-state index in [1.165, 1.54) is 0 Å². The summed E-state index contributed by atoms with van der Waals surface area (Å²) in [5, 5.41) is 26.4. The summed E-state index contributed by atoms with van der Waals surface area (Å²) in [6, 6.07) is 9.23. The van der Waals surface area contributed by atoms with Crippen molar-refractivity contribution >= 4 is 0 Å². The van der Waals surface area contributed by atoms with Gasteiger partial charge in [0.05, 0.1) is 23.9 Å². The second-order valence-electron chi connectivity index (χ2n) is 6.04. The van der Waals surface area contributed by atoms with Crippen molar-refractivity contribution in [3.8, 4) is 11.8 Å². The van der Waals surface area contributed by atoms with E-state index in [1.54, 1.807) is 24.3 Å². The molecule has 0 saturated carbocycles. The van der Waals surface area contributed by atoms with Crippen molar-refractivity contribution in [2.45, 2.75) is 39.0 Å². The van der Waals surface area contributed by atoms with Crippen LogP contribution in [0.4, 0.5) is 0 Å². The predicted molar refractivity (Wildman–Crippen MR) is 91.8 cm³/mol. The minimum absolute atomic E-state index is 0.161. The molecule has 24 heavy (non-hydrogen) atoms. The van der Waals surface area contributed by atoms with Crippen molar-refractivity contribution in [2.24, 2.45) is 0 Å². The Morgan fingerprint density at radius 1 is 1.33 bits per heavy atom. The van der Waals surface area contributed by atoms with Gasteiger partial charge < -0.3 is 15.2 Å². The standard InChI is InChI=1S/C18H24N4O2/c1-13-9-21-22(11-13)15(3)14(2)20-10-17(23)12-24-18-6-4-16(8-19)5-7-18/h4-7,9,11,14-15,17,20,23H,10,12H2,1-3H3/t14-,15-,17+/m1/s1. The number of aliphatic hydroxyl groups excluding tert-OH is 1. The van der Waals surface area contributed by atoms with Crippen LogP contribution in [0, 0.1) is 18.3 Å². The monoisotopic (exact) mass is 328 g/mol. The van der Waals surface area contributed by atoms with E-state index < -0.39 is 6.10 Å². The lowest BCUT2D eigenvalue weighted by Crippen LogP contribution is -2.40. The fourth-order valence-electron chi connectivity index (χ4n) is 2.25. The van der Waals surface area contributed by atoms with Gasteiger partial charge in [0.1, 0.15) is 18.5 Å². The largest absolute Gasteiger partial charge is 0.491 e. The lowest BCUT2D eigenvalue weighted by molar-refractivity contribution is 0.102. The van der Waals surface area contributed by atoms with Gasteiger partial charge in [0.15, 0.2) is 0 Å². The molecule has 6 heteroatoms. The van der Waals surface area contributed by atoms with Gasteiger partial charge >= 0.3 is 0 Å². The van der Waals surface area contributed by atoms with Crippen LogP contribution in [0.15, 0.2) is 36.7 Å². The van der Waals surface area contributed by atoms with Gasteiger partial charge in [0.2, 0.25) is 0 Å². The molecule has 0 aliphatic rings. The molecule has 0 aliphatic heterocycles. The van der Waals surface area contributed by atoms with Crippen molar-refractivity contribution < 1.29 is 9.84 Å². The molecule has 2 aromatic rings. The van der Waals surface area contributed by atoms with Crippen LogP contribution in [0.25, 0.3) is 0 Å². The number of aryl methyl sites for hydroxylation is 1. The van der Waals surface area contributed by atoms with Crippen LogP contribution in [0.1, 0.15) is 31.0 Å². The van der Waals surface area contributed by atoms with Gasteiger partial charge in [-0.1, -0.05) is 0 Å². The van der Waals surface area contributed by atoms with Crippen LogP contribution in [0.2, 0.25) is 0 Å². The normalized spacial score (nSPS) is 14.6. The Kier molecular flexibility index (Phi) is 6.36. The molecule has 0 unspecified atom stereocenters. The van der Waals surface area contributed by atoms with Gasteiger partial charge in [-0.2, -0.15) is 10.4 Å². The average molecular weight is 328 g/mol. The van der Waals surface area contributed by atoms with Gasteiger partial charge in [0.25, 0.3) is 0 Å². The van der Waals surface area contributed by atoms with Crippen molar-refractivity contribution in [1.29, 1.82) is 5.26 Å². The van der Waals surface area contributed by atoms with Crippen molar-refractivity contribution in [3.05, 3.63) is 47.8 Å². The number of benzene rings is 1. The summed E-state index contributed by atoms with van der Waals surface area (Å²) in [5.74, 6) is 0.640. The maximum absolute atomic E-state index is 10.1. The van der Waals surface area contributed by atoms with Gasteiger partial charge in [-0.3, -0.25) is 4.68 Å². The van der Waals surface area contributed by atoms with Gasteiger partial charge in [-0.15, -0.1) is 0 Å². The number of nitrogens with zero attached hydrogens (tertiary/aromatic N) is 3. The zero-order valence-corrected chi connectivity index (χ0v) is 14.3. The molecule has 2 rings (SSSR count). The van der Waals surface area contributed by atoms with Crippen molar-refractivity contribution in [2.75, 3.05) is 13.2 Å². The van der Waals surface area contributed by atoms with Crippen LogP contribution < -0.4 is 10.1 Å². The van der Waals surface area contributed by atoms with E-state index >= 15 is 0 Å². The molecule has 2 N–H and O–H groups in total. The number of rotatable bonds is 8. The molecule has 1 aromatic carbocycles. The molecule has 6 nitrogen and oxygen atoms in total. The predicted octanol–water partition coefficient (Wildman–Crippen LogP) is 2.04. The molecule has 0 fully saturated rings. The first-order chi connectivity index (χ1) is 11.5. The van der Waals surface area contributed by atoms with E-state index in [1.807, 2.05) is 24.0 Å². The lowest BCUT2D eigenvalue weighted by atomic mass is 10.1. The highest BCUT2D eigenvalue weighted by Gasteiger charge is 2.16. The average Bonchev–Trinajstić information content (AvgIpc) is 3.04. The Balaban J connectivity index is 1.73. The Labute approximate surface area is 142 Å².